The zero-order valence-electron chi connectivity index (χ0n) is 23.8. The number of ether oxygens (including phenoxy) is 3. The van der Waals surface area contributed by atoms with E-state index in [9.17, 15) is 9.90 Å². The van der Waals surface area contributed by atoms with Gasteiger partial charge >= 0.3 is 0 Å². The highest BCUT2D eigenvalue weighted by Gasteiger charge is 2.60. The van der Waals surface area contributed by atoms with Crippen LogP contribution < -0.4 is 14.2 Å². The lowest BCUT2D eigenvalue weighted by atomic mass is 9.47. The third-order valence-corrected chi connectivity index (χ3v) is 11.6. The molecule has 7 rings (SSSR count). The summed E-state index contributed by atoms with van der Waals surface area (Å²) in [7, 11) is 3.77. The summed E-state index contributed by atoms with van der Waals surface area (Å²) in [5.74, 6) is 11.1. The van der Waals surface area contributed by atoms with Gasteiger partial charge in [0, 0.05) is 18.5 Å². The molecule has 2 aliphatic heterocycles. The molecule has 208 valence electrons. The molecule has 6 nitrogen and oxygen atoms in total. The highest BCUT2D eigenvalue weighted by atomic mass is 16.7. The first kappa shape index (κ1) is 25.5. The van der Waals surface area contributed by atoms with Gasteiger partial charge in [0.15, 0.2) is 17.3 Å². The average Bonchev–Trinajstić information content (AvgIpc) is 3.48. The summed E-state index contributed by atoms with van der Waals surface area (Å²) < 4.78 is 17.3. The molecule has 6 heteroatoms. The van der Waals surface area contributed by atoms with Crippen LogP contribution in [0.3, 0.4) is 0 Å². The van der Waals surface area contributed by atoms with Crippen molar-refractivity contribution in [3.05, 3.63) is 28.8 Å². The first-order valence-electron chi connectivity index (χ1n) is 14.8. The number of aliphatic hydroxyl groups is 1. The second kappa shape index (κ2) is 8.75. The first-order chi connectivity index (χ1) is 18.6. The molecule has 0 spiro atoms. The summed E-state index contributed by atoms with van der Waals surface area (Å²) in [5.41, 5.74) is 2.87. The van der Waals surface area contributed by atoms with Crippen LogP contribution in [0.2, 0.25) is 0 Å². The number of carbonyl (C=O) groups excluding carboxylic acids is 1. The number of benzene rings is 1. The van der Waals surface area contributed by atoms with Crippen LogP contribution >= 0.6 is 0 Å². The van der Waals surface area contributed by atoms with Gasteiger partial charge in [-0.25, -0.2) is 0 Å². The monoisotopic (exact) mass is 531 g/mol. The maximum atomic E-state index is 12.2. The van der Waals surface area contributed by atoms with Gasteiger partial charge in [-0.05, 0) is 105 Å². The number of ketones is 1. The zero-order valence-corrected chi connectivity index (χ0v) is 23.8. The Bertz CT molecular complexity index is 1320. The molecule has 0 amide bonds. The summed E-state index contributed by atoms with van der Waals surface area (Å²) in [6.45, 7) is 5.90. The van der Waals surface area contributed by atoms with Gasteiger partial charge in [-0.2, -0.15) is 0 Å². The van der Waals surface area contributed by atoms with E-state index in [1.54, 1.807) is 7.11 Å². The number of likely N-dealkylation sites (N-methyl/N-ethyl adjacent to an activating group) is 1. The van der Waals surface area contributed by atoms with Crippen LogP contribution in [0.25, 0.3) is 0 Å². The van der Waals surface area contributed by atoms with E-state index in [0.717, 1.165) is 62.8 Å². The van der Waals surface area contributed by atoms with Crippen molar-refractivity contribution >= 4 is 5.78 Å². The van der Waals surface area contributed by atoms with Crippen molar-refractivity contribution in [2.45, 2.75) is 83.3 Å². The van der Waals surface area contributed by atoms with E-state index in [1.165, 1.54) is 17.6 Å². The third-order valence-electron chi connectivity index (χ3n) is 11.6. The van der Waals surface area contributed by atoms with E-state index >= 15 is 0 Å². The highest BCUT2D eigenvalue weighted by Crippen LogP contribution is 2.66. The predicted molar refractivity (Wildman–Crippen MR) is 148 cm³/mol. The maximum absolute atomic E-state index is 12.2. The van der Waals surface area contributed by atoms with Crippen LogP contribution in [0, 0.1) is 40.4 Å². The van der Waals surface area contributed by atoms with E-state index < -0.39 is 5.60 Å². The standard InChI is InChI=1S/C33H41NO5/c1-31-11-8-24-23(6-5-21-16-22(35)7-12-32(21,24)2)25(31)17-33(36,18-31)13-9-26-28-20(10-14-34(26)3)15-27-29(30(28)37-4)39-19-38-27/h15-16,23-26,36H,5-8,10-12,14,17-19H2,1-4H3/t23-,24-,25+,26+,31-,32+,33-/m1/s1. The molecule has 3 fully saturated rings. The Labute approximate surface area is 232 Å². The molecule has 3 saturated carbocycles. The number of fused-ring (bicyclic) bond motifs is 7. The number of rotatable bonds is 1. The van der Waals surface area contributed by atoms with Crippen molar-refractivity contribution in [2.75, 3.05) is 27.5 Å². The minimum atomic E-state index is -0.990. The second-order valence-electron chi connectivity index (χ2n) is 13.7. The molecule has 4 aliphatic carbocycles. The van der Waals surface area contributed by atoms with Crippen molar-refractivity contribution < 1.29 is 24.1 Å². The van der Waals surface area contributed by atoms with Crippen molar-refractivity contribution in [1.82, 2.24) is 4.90 Å². The Balaban J connectivity index is 1.19. The van der Waals surface area contributed by atoms with Crippen molar-refractivity contribution in [3.63, 3.8) is 0 Å². The predicted octanol–water partition coefficient (Wildman–Crippen LogP) is 5.22. The minimum Gasteiger partial charge on any atom is -0.492 e. The zero-order chi connectivity index (χ0) is 27.2. The summed E-state index contributed by atoms with van der Waals surface area (Å²) in [4.78, 5) is 14.4. The summed E-state index contributed by atoms with van der Waals surface area (Å²) in [6.07, 6.45) is 10.5. The number of hydrogen-bond acceptors (Lipinski definition) is 6. The molecular weight excluding hydrogens is 490 g/mol. The largest absolute Gasteiger partial charge is 0.492 e. The van der Waals surface area contributed by atoms with Gasteiger partial charge in [0.25, 0.3) is 0 Å². The molecule has 0 aromatic heterocycles. The molecule has 39 heavy (non-hydrogen) atoms. The molecule has 0 unspecified atom stereocenters. The van der Waals surface area contributed by atoms with Gasteiger partial charge in [-0.15, -0.1) is 0 Å². The van der Waals surface area contributed by atoms with Crippen LogP contribution in [0.1, 0.15) is 82.4 Å². The van der Waals surface area contributed by atoms with Crippen molar-refractivity contribution in [1.29, 1.82) is 0 Å². The van der Waals surface area contributed by atoms with Crippen LogP contribution in [0.15, 0.2) is 17.7 Å². The number of methoxy groups -OCH3 is 1. The Morgan fingerprint density at radius 3 is 2.79 bits per heavy atom. The van der Waals surface area contributed by atoms with E-state index in [-0.39, 0.29) is 23.7 Å². The molecule has 1 aromatic carbocycles. The van der Waals surface area contributed by atoms with E-state index in [1.807, 2.05) is 6.08 Å². The molecule has 2 heterocycles. The third kappa shape index (κ3) is 3.79. The molecule has 0 radical (unpaired) electrons. The summed E-state index contributed by atoms with van der Waals surface area (Å²) in [5, 5.41) is 12.0. The van der Waals surface area contributed by atoms with E-state index in [2.05, 4.69) is 43.7 Å². The molecule has 0 bridgehead atoms. The van der Waals surface area contributed by atoms with Crippen LogP contribution in [-0.2, 0) is 11.2 Å². The number of carbonyl (C=O) groups is 1. The Kier molecular flexibility index (Phi) is 5.72. The lowest BCUT2D eigenvalue weighted by Crippen LogP contribution is -2.49. The average molecular weight is 532 g/mol. The topological polar surface area (TPSA) is 68.2 Å². The molecule has 1 aromatic rings. The molecule has 7 atom stereocenters. The second-order valence-corrected chi connectivity index (χ2v) is 13.7. The fourth-order valence-electron chi connectivity index (χ4n) is 9.59. The smallest absolute Gasteiger partial charge is 0.231 e. The van der Waals surface area contributed by atoms with Crippen LogP contribution in [0.5, 0.6) is 17.2 Å². The van der Waals surface area contributed by atoms with Gasteiger partial charge in [0.05, 0.1) is 7.11 Å². The van der Waals surface area contributed by atoms with Crippen LogP contribution in [0.4, 0.5) is 0 Å². The fraction of sp³-hybridized carbons (Fsp3) is 0.667. The Morgan fingerprint density at radius 2 is 1.97 bits per heavy atom. The quantitative estimate of drug-likeness (QED) is 0.502. The van der Waals surface area contributed by atoms with E-state index in [4.69, 9.17) is 14.2 Å². The van der Waals surface area contributed by atoms with Gasteiger partial charge in [-0.3, -0.25) is 9.69 Å². The van der Waals surface area contributed by atoms with E-state index in [0.29, 0.717) is 41.5 Å². The number of allylic oxidation sites excluding steroid dienone is 1. The minimum absolute atomic E-state index is 0.104. The van der Waals surface area contributed by atoms with Crippen molar-refractivity contribution in [3.8, 4) is 29.1 Å². The maximum Gasteiger partial charge on any atom is 0.231 e. The first-order valence-corrected chi connectivity index (χ1v) is 14.8. The van der Waals surface area contributed by atoms with Gasteiger partial charge in [-0.1, -0.05) is 31.3 Å². The molecular formula is C33H41NO5. The molecule has 6 aliphatic rings. The lowest BCUT2D eigenvalue weighted by Gasteiger charge is -2.57. The summed E-state index contributed by atoms with van der Waals surface area (Å²) >= 11 is 0. The lowest BCUT2D eigenvalue weighted by molar-refractivity contribution is -0.117. The SMILES string of the molecule is COc1c2c(cc3c1[C@H](C#C[C@@]1(O)C[C@H]4[C@@H]5CCC6=CC(=O)CC[C@]6(C)[C@@H]5CC[C@]4(C)C1)N(C)CC3)OCO2. The van der Waals surface area contributed by atoms with Crippen molar-refractivity contribution in [2.24, 2.45) is 28.6 Å². The van der Waals surface area contributed by atoms with Gasteiger partial charge < -0.3 is 19.3 Å². The summed E-state index contributed by atoms with van der Waals surface area (Å²) in [6, 6.07) is 1.90. The normalized spacial score (nSPS) is 40.4. The molecule has 1 N–H and O–H groups in total. The highest BCUT2D eigenvalue weighted by molar-refractivity contribution is 5.91. The van der Waals surface area contributed by atoms with Gasteiger partial charge in [0.1, 0.15) is 11.6 Å². The fourth-order valence-corrected chi connectivity index (χ4v) is 9.59. The Hall–Kier alpha value is -2.49. The van der Waals surface area contributed by atoms with Crippen LogP contribution in [-0.4, -0.2) is 48.9 Å². The number of hydrogen-bond donors (Lipinski definition) is 1. The number of nitrogens with zero attached hydrogens (tertiary/aromatic N) is 1. The Morgan fingerprint density at radius 1 is 1.13 bits per heavy atom. The van der Waals surface area contributed by atoms with Gasteiger partial charge in [0.2, 0.25) is 12.5 Å². The molecule has 0 saturated heterocycles.